The molecule has 0 radical (unpaired) electrons. The Morgan fingerprint density at radius 3 is 1.02 bits per heavy atom. The van der Waals surface area contributed by atoms with Crippen LogP contribution in [0.4, 0.5) is 0 Å². The van der Waals surface area contributed by atoms with Gasteiger partial charge in [-0.25, -0.2) is 0 Å². The largest absolute Gasteiger partial charge is 0.496 e. The molecule has 0 N–H and O–H groups in total. The van der Waals surface area contributed by atoms with E-state index >= 15 is 0 Å². The molecule has 0 aromatic heterocycles. The van der Waals surface area contributed by atoms with Crippen molar-refractivity contribution in [3.63, 3.8) is 0 Å². The maximum Gasteiger partial charge on any atom is 0.126 e. The summed E-state index contributed by atoms with van der Waals surface area (Å²) in [7, 11) is 3.52. The first-order valence-electron chi connectivity index (χ1n) is 16.7. The predicted octanol–water partition coefficient (Wildman–Crippen LogP) is 11.1. The van der Waals surface area contributed by atoms with Gasteiger partial charge in [0.05, 0.1) is 14.2 Å². The maximum atomic E-state index is 6.75. The van der Waals surface area contributed by atoms with Crippen LogP contribution in [0.2, 0.25) is 0 Å². The van der Waals surface area contributed by atoms with Crippen LogP contribution < -0.4 is 18.9 Å². The standard InChI is InChI=1S/C44H38Br2O4/c1-47-41-31-15-9-16-32(41)20-36-24-40(46)26-38(44(36)50-28-30-13-7-4-8-14-30)22-34-18-10-17-33(42(34)48-2)21-37-25-39(45)23-35(19-31)43(37)49-27-29-11-5-3-6-12-29/h3-18,23-26H,19-22,27-28H2,1-2H3. The lowest BCUT2D eigenvalue weighted by atomic mass is 9.91. The van der Waals surface area contributed by atoms with E-state index in [4.69, 9.17) is 18.9 Å². The summed E-state index contributed by atoms with van der Waals surface area (Å²) in [5.41, 5.74) is 10.9. The maximum absolute atomic E-state index is 6.75. The third kappa shape index (κ3) is 7.62. The van der Waals surface area contributed by atoms with Crippen molar-refractivity contribution < 1.29 is 18.9 Å². The Kier molecular flexibility index (Phi) is 10.6. The molecule has 0 spiro atoms. The van der Waals surface area contributed by atoms with E-state index < -0.39 is 0 Å². The lowest BCUT2D eigenvalue weighted by Gasteiger charge is -2.22. The van der Waals surface area contributed by atoms with Gasteiger partial charge in [-0.05, 0) is 57.6 Å². The van der Waals surface area contributed by atoms with Gasteiger partial charge in [-0.2, -0.15) is 0 Å². The molecule has 252 valence electrons. The van der Waals surface area contributed by atoms with E-state index in [-0.39, 0.29) is 0 Å². The van der Waals surface area contributed by atoms with E-state index in [1.807, 2.05) is 36.4 Å². The van der Waals surface area contributed by atoms with Crippen molar-refractivity contribution in [1.82, 2.24) is 0 Å². The number of ether oxygens (including phenoxy) is 4. The van der Waals surface area contributed by atoms with Gasteiger partial charge in [-0.15, -0.1) is 0 Å². The first-order valence-corrected chi connectivity index (χ1v) is 18.3. The van der Waals surface area contributed by atoms with Crippen molar-refractivity contribution in [2.75, 3.05) is 14.2 Å². The van der Waals surface area contributed by atoms with Crippen LogP contribution in [0, 0.1) is 0 Å². The Balaban J connectivity index is 1.40. The van der Waals surface area contributed by atoms with Gasteiger partial charge >= 0.3 is 0 Å². The fourth-order valence-electron chi connectivity index (χ4n) is 6.96. The smallest absolute Gasteiger partial charge is 0.126 e. The van der Waals surface area contributed by atoms with Crippen molar-refractivity contribution in [2.45, 2.75) is 38.9 Å². The van der Waals surface area contributed by atoms with Gasteiger partial charge in [-0.3, -0.25) is 0 Å². The van der Waals surface area contributed by atoms with Crippen molar-refractivity contribution in [2.24, 2.45) is 0 Å². The van der Waals surface area contributed by atoms with Crippen LogP contribution in [-0.4, -0.2) is 14.2 Å². The molecule has 6 heteroatoms. The van der Waals surface area contributed by atoms with E-state index in [0.717, 1.165) is 87.6 Å². The summed E-state index contributed by atoms with van der Waals surface area (Å²) < 4.78 is 27.9. The average molecular weight is 791 g/mol. The molecule has 0 atom stereocenters. The number of para-hydroxylation sites is 2. The van der Waals surface area contributed by atoms with Crippen LogP contribution in [0.1, 0.15) is 55.6 Å². The highest BCUT2D eigenvalue weighted by molar-refractivity contribution is 9.10. The normalized spacial score (nSPS) is 12.2. The molecule has 0 saturated carbocycles. The Labute approximate surface area is 311 Å². The third-order valence-electron chi connectivity index (χ3n) is 9.16. The fourth-order valence-corrected chi connectivity index (χ4v) is 8.06. The van der Waals surface area contributed by atoms with Crippen molar-refractivity contribution in [3.05, 3.63) is 186 Å². The SMILES string of the molecule is COc1c2cccc1Cc1cc(Br)cc(c1OCc1ccccc1)Cc1cccc(c1OC)Cc1cc(Br)cc(c1OCc1ccccc1)C2. The van der Waals surface area contributed by atoms with Crippen LogP contribution in [0.15, 0.2) is 130 Å². The van der Waals surface area contributed by atoms with Crippen molar-refractivity contribution in [3.8, 4) is 23.0 Å². The minimum atomic E-state index is 0.464. The number of methoxy groups -OCH3 is 2. The van der Waals surface area contributed by atoms with E-state index in [0.29, 0.717) is 38.9 Å². The number of fused-ring (bicyclic) bond motifs is 8. The summed E-state index contributed by atoms with van der Waals surface area (Å²) in [6, 6.07) is 42.2. The lowest BCUT2D eigenvalue weighted by Crippen LogP contribution is -2.08. The van der Waals surface area contributed by atoms with Crippen molar-refractivity contribution in [1.29, 1.82) is 0 Å². The second kappa shape index (κ2) is 15.6. The molecule has 1 aliphatic carbocycles. The highest BCUT2D eigenvalue weighted by Gasteiger charge is 2.22. The van der Waals surface area contributed by atoms with Crippen LogP contribution in [0.3, 0.4) is 0 Å². The van der Waals surface area contributed by atoms with E-state index in [9.17, 15) is 0 Å². The second-order valence-electron chi connectivity index (χ2n) is 12.6. The number of halogens is 2. The Morgan fingerprint density at radius 2 is 0.720 bits per heavy atom. The number of rotatable bonds is 8. The fraction of sp³-hybridized carbons (Fsp3) is 0.182. The minimum absolute atomic E-state index is 0.464. The first kappa shape index (κ1) is 34.0. The summed E-state index contributed by atoms with van der Waals surface area (Å²) >= 11 is 7.68. The van der Waals surface area contributed by atoms with Gasteiger partial charge in [0.25, 0.3) is 0 Å². The van der Waals surface area contributed by atoms with Gasteiger partial charge in [0.15, 0.2) is 0 Å². The van der Waals surface area contributed by atoms with Crippen LogP contribution in [-0.2, 0) is 38.9 Å². The Hall–Kier alpha value is -4.52. The molecule has 0 amide bonds. The number of hydrogen-bond acceptors (Lipinski definition) is 4. The van der Waals surface area contributed by atoms with Gasteiger partial charge in [0.1, 0.15) is 36.2 Å². The number of hydrogen-bond donors (Lipinski definition) is 0. The molecule has 6 aromatic rings. The predicted molar refractivity (Wildman–Crippen MR) is 207 cm³/mol. The molecular weight excluding hydrogens is 752 g/mol. The zero-order chi connectivity index (χ0) is 34.5. The summed E-state index contributed by atoms with van der Waals surface area (Å²) in [6.45, 7) is 0.929. The molecular formula is C44H38Br2O4. The minimum Gasteiger partial charge on any atom is -0.496 e. The Bertz CT molecular complexity index is 1870. The topological polar surface area (TPSA) is 36.9 Å². The van der Waals surface area contributed by atoms with Crippen LogP contribution >= 0.6 is 31.9 Å². The molecule has 6 aromatic carbocycles. The van der Waals surface area contributed by atoms with E-state index in [1.54, 1.807) is 14.2 Å². The van der Waals surface area contributed by atoms with Crippen LogP contribution in [0.5, 0.6) is 23.0 Å². The first-order chi connectivity index (χ1) is 24.5. The van der Waals surface area contributed by atoms with Gasteiger partial charge in [0, 0.05) is 56.9 Å². The molecule has 7 rings (SSSR count). The van der Waals surface area contributed by atoms with E-state index in [1.165, 1.54) is 0 Å². The zero-order valence-electron chi connectivity index (χ0n) is 28.2. The van der Waals surface area contributed by atoms with E-state index in [2.05, 4.69) is 117 Å². The zero-order valence-corrected chi connectivity index (χ0v) is 31.4. The molecule has 0 heterocycles. The van der Waals surface area contributed by atoms with Crippen LogP contribution in [0.25, 0.3) is 0 Å². The van der Waals surface area contributed by atoms with Crippen molar-refractivity contribution >= 4 is 31.9 Å². The molecule has 50 heavy (non-hydrogen) atoms. The molecule has 0 aliphatic heterocycles. The molecule has 0 saturated heterocycles. The molecule has 0 unspecified atom stereocenters. The van der Waals surface area contributed by atoms with Gasteiger partial charge in [-0.1, -0.05) is 129 Å². The molecule has 0 fully saturated rings. The molecule has 8 bridgehead atoms. The summed E-state index contributed by atoms with van der Waals surface area (Å²) in [4.78, 5) is 0. The monoisotopic (exact) mass is 788 g/mol. The van der Waals surface area contributed by atoms with Gasteiger partial charge < -0.3 is 18.9 Å². The average Bonchev–Trinajstić information content (AvgIpc) is 3.12. The second-order valence-corrected chi connectivity index (χ2v) is 14.4. The highest BCUT2D eigenvalue weighted by Crippen LogP contribution is 2.41. The highest BCUT2D eigenvalue weighted by atomic mass is 79.9. The van der Waals surface area contributed by atoms with Gasteiger partial charge in [0.2, 0.25) is 0 Å². The quantitative estimate of drug-likeness (QED) is 0.154. The Morgan fingerprint density at radius 1 is 0.400 bits per heavy atom. The molecule has 4 nitrogen and oxygen atoms in total. The summed E-state index contributed by atoms with van der Waals surface area (Å²) in [6.07, 6.45) is 2.52. The summed E-state index contributed by atoms with van der Waals surface area (Å²) in [5.74, 6) is 3.51. The lowest BCUT2D eigenvalue weighted by molar-refractivity contribution is 0.300. The third-order valence-corrected chi connectivity index (χ3v) is 10.1. The molecule has 1 aliphatic rings. The number of benzene rings is 6. The summed E-state index contributed by atoms with van der Waals surface area (Å²) in [5, 5.41) is 0.